The van der Waals surface area contributed by atoms with Gasteiger partial charge in [0.2, 0.25) is 0 Å². The van der Waals surface area contributed by atoms with E-state index < -0.39 is 5.97 Å². The Balaban J connectivity index is 1.84. The average Bonchev–Trinajstić information content (AvgIpc) is 3.12. The molecule has 1 aromatic heterocycles. The predicted octanol–water partition coefficient (Wildman–Crippen LogP) is 6.22. The van der Waals surface area contributed by atoms with Gasteiger partial charge in [-0.1, -0.05) is 51.1 Å². The summed E-state index contributed by atoms with van der Waals surface area (Å²) in [6.07, 6.45) is 0. The van der Waals surface area contributed by atoms with Crippen LogP contribution in [-0.2, 0) is 14.9 Å². The molecule has 180 valence electrons. The number of amides is 1. The Morgan fingerprint density at radius 2 is 1.68 bits per heavy atom. The number of carbonyl (C=O) groups is 2. The first-order chi connectivity index (χ1) is 16.2. The molecule has 0 fully saturated rings. The molecular weight excluding hydrogens is 450 g/mol. The fourth-order valence-electron chi connectivity index (χ4n) is 3.68. The molecule has 0 radical (unpaired) electrons. The normalized spacial score (nSPS) is 11.1. The zero-order valence-corrected chi connectivity index (χ0v) is 21.3. The van der Waals surface area contributed by atoms with E-state index in [0.717, 1.165) is 27.3 Å². The molecule has 6 nitrogen and oxygen atoms in total. The van der Waals surface area contributed by atoms with Crippen LogP contribution < -0.4 is 14.8 Å². The third-order valence-corrected chi connectivity index (χ3v) is 6.26. The summed E-state index contributed by atoms with van der Waals surface area (Å²) in [5.41, 5.74) is 2.80. The lowest BCUT2D eigenvalue weighted by Gasteiger charge is -2.22. The smallest absolute Gasteiger partial charge is 0.341 e. The van der Waals surface area contributed by atoms with Crippen LogP contribution in [0.4, 0.5) is 5.00 Å². The van der Waals surface area contributed by atoms with Gasteiger partial charge >= 0.3 is 5.97 Å². The number of hydrogen-bond acceptors (Lipinski definition) is 6. The monoisotopic (exact) mass is 481 g/mol. The van der Waals surface area contributed by atoms with Crippen LogP contribution in [-0.4, -0.2) is 32.2 Å². The molecule has 3 rings (SSSR count). The van der Waals surface area contributed by atoms with Crippen molar-refractivity contribution in [3.63, 3.8) is 0 Å². The second kappa shape index (κ2) is 10.7. The van der Waals surface area contributed by atoms with E-state index in [2.05, 4.69) is 26.1 Å². The Labute approximate surface area is 204 Å². The van der Waals surface area contributed by atoms with Crippen molar-refractivity contribution in [1.82, 2.24) is 0 Å². The molecule has 0 unspecified atom stereocenters. The van der Waals surface area contributed by atoms with Crippen LogP contribution in [0.25, 0.3) is 11.1 Å². The maximum atomic E-state index is 12.8. The van der Waals surface area contributed by atoms with Crippen molar-refractivity contribution in [2.45, 2.75) is 40.0 Å². The predicted molar refractivity (Wildman–Crippen MR) is 136 cm³/mol. The topological polar surface area (TPSA) is 73.9 Å². The first kappa shape index (κ1) is 25.3. The molecule has 34 heavy (non-hydrogen) atoms. The Bertz CT molecular complexity index is 1160. The molecule has 0 aliphatic rings. The van der Waals surface area contributed by atoms with Gasteiger partial charge in [0.15, 0.2) is 6.61 Å². The number of thiophene rings is 1. The van der Waals surface area contributed by atoms with Crippen molar-refractivity contribution in [3.8, 4) is 22.6 Å². The van der Waals surface area contributed by atoms with E-state index >= 15 is 0 Å². The highest BCUT2D eigenvalue weighted by atomic mass is 32.1. The third kappa shape index (κ3) is 5.78. The molecule has 0 aliphatic heterocycles. The molecule has 1 heterocycles. The van der Waals surface area contributed by atoms with Crippen molar-refractivity contribution in [2.75, 3.05) is 25.6 Å². The summed E-state index contributed by atoms with van der Waals surface area (Å²) in [7, 11) is 1.33. The molecule has 0 aliphatic carbocycles. The number of carbonyl (C=O) groups excluding carboxylic acids is 2. The number of hydrogen-bond donors (Lipinski definition) is 1. The molecule has 0 saturated heterocycles. The molecule has 1 amide bonds. The van der Waals surface area contributed by atoms with E-state index in [9.17, 15) is 9.59 Å². The van der Waals surface area contributed by atoms with E-state index in [-0.39, 0.29) is 17.9 Å². The molecule has 1 N–H and O–H groups in total. The summed E-state index contributed by atoms with van der Waals surface area (Å²) >= 11 is 1.33. The Kier molecular flexibility index (Phi) is 7.99. The van der Waals surface area contributed by atoms with Gasteiger partial charge in [-0.05, 0) is 48.6 Å². The fraction of sp³-hybridized carbons (Fsp3) is 0.333. The van der Waals surface area contributed by atoms with Gasteiger partial charge in [-0.2, -0.15) is 0 Å². The van der Waals surface area contributed by atoms with Crippen LogP contribution >= 0.6 is 11.3 Å². The van der Waals surface area contributed by atoms with Crippen LogP contribution in [0.1, 0.15) is 48.5 Å². The molecule has 0 atom stereocenters. The zero-order chi connectivity index (χ0) is 24.9. The second-order valence-electron chi connectivity index (χ2n) is 8.77. The van der Waals surface area contributed by atoms with Crippen LogP contribution in [0, 0.1) is 6.92 Å². The Morgan fingerprint density at radius 1 is 1.00 bits per heavy atom. The number of nitrogens with one attached hydrogen (secondary N) is 1. The van der Waals surface area contributed by atoms with E-state index in [1.165, 1.54) is 18.4 Å². The molecule has 0 spiro atoms. The molecule has 0 bridgehead atoms. The first-order valence-electron chi connectivity index (χ1n) is 11.1. The number of esters is 1. The van der Waals surface area contributed by atoms with Crippen molar-refractivity contribution in [1.29, 1.82) is 0 Å². The molecular formula is C27H31NO5S. The van der Waals surface area contributed by atoms with E-state index in [1.54, 1.807) is 0 Å². The highest BCUT2D eigenvalue weighted by Gasteiger charge is 2.25. The van der Waals surface area contributed by atoms with E-state index in [1.807, 2.05) is 62.4 Å². The minimum absolute atomic E-state index is 0.122. The number of aryl methyl sites for hydroxylation is 1. The molecule has 7 heteroatoms. The van der Waals surface area contributed by atoms with Gasteiger partial charge in [-0.15, -0.1) is 11.3 Å². The highest BCUT2D eigenvalue weighted by molar-refractivity contribution is 7.17. The third-order valence-electron chi connectivity index (χ3n) is 5.23. The maximum absolute atomic E-state index is 12.8. The quantitative estimate of drug-likeness (QED) is 0.387. The number of para-hydroxylation sites is 1. The lowest BCUT2D eigenvalue weighted by Crippen LogP contribution is -2.22. The van der Waals surface area contributed by atoms with Gasteiger partial charge in [0.1, 0.15) is 22.1 Å². The second-order valence-corrected chi connectivity index (χ2v) is 9.99. The van der Waals surface area contributed by atoms with Gasteiger partial charge in [-0.25, -0.2) is 4.79 Å². The van der Waals surface area contributed by atoms with Crippen molar-refractivity contribution in [3.05, 3.63) is 64.5 Å². The molecule has 0 saturated carbocycles. The number of anilines is 1. The van der Waals surface area contributed by atoms with Crippen molar-refractivity contribution in [2.24, 2.45) is 0 Å². The Morgan fingerprint density at radius 3 is 2.29 bits per heavy atom. The van der Waals surface area contributed by atoms with Gasteiger partial charge in [-0.3, -0.25) is 4.79 Å². The summed E-state index contributed by atoms with van der Waals surface area (Å²) in [4.78, 5) is 26.4. The van der Waals surface area contributed by atoms with E-state index in [4.69, 9.17) is 14.2 Å². The summed E-state index contributed by atoms with van der Waals surface area (Å²) in [6, 6.07) is 15.2. The van der Waals surface area contributed by atoms with Gasteiger partial charge in [0.25, 0.3) is 5.91 Å². The van der Waals surface area contributed by atoms with Gasteiger partial charge < -0.3 is 19.5 Å². The minimum Gasteiger partial charge on any atom is -0.494 e. The van der Waals surface area contributed by atoms with Gasteiger partial charge in [0, 0.05) is 10.4 Å². The van der Waals surface area contributed by atoms with Crippen LogP contribution in [0.2, 0.25) is 0 Å². The average molecular weight is 482 g/mol. The SMILES string of the molecule is CCOc1ccc(-c2c(C)sc(NC(=O)COc3ccccc3C(C)(C)C)c2C(=O)OC)cc1. The standard InChI is InChI=1S/C27H31NO5S/c1-7-32-19-14-12-18(13-15-19)23-17(2)34-25(24(23)26(30)31-6)28-22(29)16-33-21-11-9-8-10-20(21)27(3,4)5/h8-15H,7,16H2,1-6H3,(H,28,29). The summed E-state index contributed by atoms with van der Waals surface area (Å²) < 4.78 is 16.4. The zero-order valence-electron chi connectivity index (χ0n) is 20.5. The largest absolute Gasteiger partial charge is 0.494 e. The van der Waals surface area contributed by atoms with Gasteiger partial charge in [0.05, 0.1) is 13.7 Å². The number of rotatable bonds is 8. The van der Waals surface area contributed by atoms with Crippen molar-refractivity contribution >= 4 is 28.2 Å². The first-order valence-corrected chi connectivity index (χ1v) is 11.9. The van der Waals surface area contributed by atoms with Crippen molar-refractivity contribution < 1.29 is 23.8 Å². The molecule has 2 aromatic carbocycles. The Hall–Kier alpha value is -3.32. The maximum Gasteiger partial charge on any atom is 0.341 e. The number of methoxy groups -OCH3 is 1. The number of ether oxygens (including phenoxy) is 3. The fourth-order valence-corrected chi connectivity index (χ4v) is 4.76. The highest BCUT2D eigenvalue weighted by Crippen LogP contribution is 2.41. The number of benzene rings is 2. The van der Waals surface area contributed by atoms with Crippen LogP contribution in [0.3, 0.4) is 0 Å². The molecule has 3 aromatic rings. The minimum atomic E-state index is -0.512. The summed E-state index contributed by atoms with van der Waals surface area (Å²) in [5.74, 6) is 0.548. The lowest BCUT2D eigenvalue weighted by molar-refractivity contribution is -0.118. The summed E-state index contributed by atoms with van der Waals surface area (Å²) in [6.45, 7) is 10.5. The van der Waals surface area contributed by atoms with E-state index in [0.29, 0.717) is 22.9 Å². The lowest BCUT2D eigenvalue weighted by atomic mass is 9.86. The van der Waals surface area contributed by atoms with Crippen LogP contribution in [0.15, 0.2) is 48.5 Å². The summed E-state index contributed by atoms with van der Waals surface area (Å²) in [5, 5.41) is 3.28. The van der Waals surface area contributed by atoms with Crippen LogP contribution in [0.5, 0.6) is 11.5 Å².